The van der Waals surface area contributed by atoms with Gasteiger partial charge in [0.1, 0.15) is 12.7 Å². The highest BCUT2D eigenvalue weighted by Crippen LogP contribution is 2.41. The van der Waals surface area contributed by atoms with Gasteiger partial charge in [0.15, 0.2) is 18.8 Å². The quantitative estimate of drug-likeness (QED) is 0.0704. The molecule has 0 unspecified atom stereocenters. The Morgan fingerprint density at radius 2 is 1.57 bits per heavy atom. The van der Waals surface area contributed by atoms with Crippen LogP contribution in [0.25, 0.3) is 11.1 Å². The van der Waals surface area contributed by atoms with Gasteiger partial charge in [-0.25, -0.2) is 4.79 Å². The maximum absolute atomic E-state index is 13.5. The second-order valence-electron chi connectivity index (χ2n) is 12.5. The minimum absolute atomic E-state index is 0.0617. The molecule has 0 saturated carbocycles. The molecule has 0 bridgehead atoms. The zero-order chi connectivity index (χ0) is 41.1. The molecule has 1 saturated heterocycles. The average molecular weight is 801 g/mol. The number of amides is 2. The van der Waals surface area contributed by atoms with Crippen molar-refractivity contribution >= 4 is 47.5 Å². The van der Waals surface area contributed by atoms with Gasteiger partial charge in [-0.15, -0.1) is 18.2 Å². The molecule has 0 aromatic heterocycles. The average Bonchev–Trinajstić information content (AvgIpc) is 3.16. The molecule has 2 aromatic carbocycles. The minimum Gasteiger partial charge on any atom is -0.466 e. The second kappa shape index (κ2) is 23.2. The van der Waals surface area contributed by atoms with E-state index < -0.39 is 90.7 Å². The molecule has 3 rings (SSSR count). The van der Waals surface area contributed by atoms with E-state index in [-0.39, 0.29) is 38.6 Å². The highest BCUT2D eigenvalue weighted by Gasteiger charge is 2.57. The summed E-state index contributed by atoms with van der Waals surface area (Å²) in [4.78, 5) is 74.2. The van der Waals surface area contributed by atoms with Gasteiger partial charge in [0, 0.05) is 32.9 Å². The largest absolute Gasteiger partial charge is 0.466 e. The lowest BCUT2D eigenvalue weighted by Crippen LogP contribution is -2.68. The molecule has 2 amide bonds. The summed E-state index contributed by atoms with van der Waals surface area (Å²) < 4.78 is 38.2. The Bertz CT molecular complexity index is 1670. The van der Waals surface area contributed by atoms with E-state index in [1.165, 1.54) is 0 Å². The summed E-state index contributed by atoms with van der Waals surface area (Å²) in [5.41, 5.74) is 2.64. The summed E-state index contributed by atoms with van der Waals surface area (Å²) >= 11 is 0.914. The lowest BCUT2D eigenvalue weighted by atomic mass is 9.89. The van der Waals surface area contributed by atoms with E-state index in [9.17, 15) is 33.9 Å². The number of benzene rings is 2. The number of aliphatic hydroxyl groups is 1. The number of ether oxygens (including phenoxy) is 7. The van der Waals surface area contributed by atoms with Crippen molar-refractivity contribution in [1.29, 1.82) is 0 Å². The summed E-state index contributed by atoms with van der Waals surface area (Å²) in [6.45, 7) is 2.72. The molecule has 56 heavy (non-hydrogen) atoms. The van der Waals surface area contributed by atoms with E-state index >= 15 is 0 Å². The van der Waals surface area contributed by atoms with Crippen LogP contribution in [-0.4, -0.2) is 129 Å². The van der Waals surface area contributed by atoms with Gasteiger partial charge in [0.05, 0.1) is 52.0 Å². The number of aliphatic hydroxyl groups excluding tert-OH is 1. The third-order valence-electron chi connectivity index (χ3n) is 8.16. The predicted octanol–water partition coefficient (Wildman–Crippen LogP) is 1.34. The molecule has 1 aliphatic rings. The first-order valence-electron chi connectivity index (χ1n) is 17.6. The van der Waals surface area contributed by atoms with Crippen LogP contribution in [0.15, 0.2) is 54.6 Å². The number of carbonyl (C=O) groups excluding carboxylic acids is 6. The molecule has 1 aliphatic heterocycles. The van der Waals surface area contributed by atoms with Crippen LogP contribution in [-0.2, 0) is 68.3 Å². The van der Waals surface area contributed by atoms with Crippen molar-refractivity contribution in [2.75, 3.05) is 52.4 Å². The fourth-order valence-corrected chi connectivity index (χ4v) is 6.95. The molecular formula is C39H48N2O14S. The molecule has 0 spiro atoms. The number of hydrogen-bond donors (Lipinski definition) is 3. The number of carbonyl (C=O) groups is 6. The van der Waals surface area contributed by atoms with Crippen LogP contribution in [0.5, 0.6) is 0 Å². The van der Waals surface area contributed by atoms with Gasteiger partial charge in [0.25, 0.3) is 5.91 Å². The van der Waals surface area contributed by atoms with Crippen LogP contribution in [0, 0.1) is 12.3 Å². The smallest absolute Gasteiger partial charge is 0.348 e. The predicted molar refractivity (Wildman–Crippen MR) is 201 cm³/mol. The Morgan fingerprint density at radius 3 is 2.20 bits per heavy atom. The molecule has 304 valence electrons. The number of thioether (sulfide) groups is 1. The van der Waals surface area contributed by atoms with Crippen LogP contribution in [0.2, 0.25) is 0 Å². The molecule has 0 aliphatic carbocycles. The zero-order valence-corrected chi connectivity index (χ0v) is 32.5. The van der Waals surface area contributed by atoms with Crippen molar-refractivity contribution in [1.82, 2.24) is 10.6 Å². The first-order valence-corrected chi connectivity index (χ1v) is 18.6. The number of rotatable bonds is 21. The van der Waals surface area contributed by atoms with Gasteiger partial charge < -0.3 is 48.9 Å². The van der Waals surface area contributed by atoms with Crippen LogP contribution in [0.4, 0.5) is 0 Å². The van der Waals surface area contributed by atoms with Gasteiger partial charge >= 0.3 is 23.9 Å². The molecule has 3 N–H and O–H groups in total. The first kappa shape index (κ1) is 45.4. The summed E-state index contributed by atoms with van der Waals surface area (Å²) in [5.74, 6) is -2.27. The van der Waals surface area contributed by atoms with Crippen molar-refractivity contribution in [3.63, 3.8) is 0 Å². The van der Waals surface area contributed by atoms with Crippen molar-refractivity contribution in [3.8, 4) is 23.5 Å². The summed E-state index contributed by atoms with van der Waals surface area (Å²) in [6.07, 6.45) is -1.65. The molecule has 1 heterocycles. The number of terminal acetylenes is 1. The Hall–Kier alpha value is -4.99. The highest BCUT2D eigenvalue weighted by molar-refractivity contribution is 8.01. The lowest BCUT2D eigenvalue weighted by molar-refractivity contribution is -0.216. The Labute approximate surface area is 329 Å². The van der Waals surface area contributed by atoms with Crippen LogP contribution >= 0.6 is 11.8 Å². The van der Waals surface area contributed by atoms with Crippen molar-refractivity contribution < 1.29 is 67.0 Å². The number of nitrogens with one attached hydrogen (secondary N) is 2. The molecular weight excluding hydrogens is 752 g/mol. The molecule has 1 fully saturated rings. The summed E-state index contributed by atoms with van der Waals surface area (Å²) in [7, 11) is 1.11. The Balaban J connectivity index is 1.91. The normalized spacial score (nSPS) is 20.0. The summed E-state index contributed by atoms with van der Waals surface area (Å²) in [6, 6.07) is 15.6. The SMILES string of the molecule is C#CCOCCOCCS[C@@]1(C(=O)OC)C[C@H](O)[C@@H](NC(=O)COC(C)=O)[C@H]([C@H](OC(C)=O)[C@@H](CNC(=O)Cc2ccc(-c3ccccc3)cc2)OC(C)=O)O1. The standard InChI is InChI=1S/C39H48N2O14S/c1-6-16-50-17-18-51-19-20-56-39(38(48)49-5)22-31(45)35(41-34(47)24-52-25(2)42)37(55-39)36(54-27(4)44)32(53-26(3)43)23-40-33(46)21-28-12-14-30(15-13-28)29-10-8-7-9-11-29/h1,7-15,31-32,35-37,45H,16-24H2,2-5H3,(H,40,46)(H,41,47)/t31-,32+,35+,36+,37+,39+/m0/s1. The molecule has 17 heteroatoms. The van der Waals surface area contributed by atoms with E-state index in [0.29, 0.717) is 5.56 Å². The topological polar surface area (TPSA) is 211 Å². The highest BCUT2D eigenvalue weighted by atomic mass is 32.2. The van der Waals surface area contributed by atoms with E-state index in [1.54, 1.807) is 12.1 Å². The van der Waals surface area contributed by atoms with E-state index in [0.717, 1.165) is 50.8 Å². The molecule has 0 radical (unpaired) electrons. The maximum atomic E-state index is 13.5. The van der Waals surface area contributed by atoms with Gasteiger partial charge in [-0.1, -0.05) is 60.5 Å². The number of hydrogen-bond acceptors (Lipinski definition) is 15. The van der Waals surface area contributed by atoms with Crippen molar-refractivity contribution in [3.05, 3.63) is 60.2 Å². The van der Waals surface area contributed by atoms with Crippen LogP contribution in [0.3, 0.4) is 0 Å². The third kappa shape index (κ3) is 14.6. The summed E-state index contributed by atoms with van der Waals surface area (Å²) in [5, 5.41) is 16.8. The molecule has 6 atom stereocenters. The van der Waals surface area contributed by atoms with E-state index in [1.807, 2.05) is 42.5 Å². The Kier molecular flexibility index (Phi) is 18.8. The van der Waals surface area contributed by atoms with Gasteiger partial charge in [-0.05, 0) is 16.7 Å². The first-order chi connectivity index (χ1) is 26.8. The fraction of sp³-hybridized carbons (Fsp3) is 0.487. The Morgan fingerprint density at radius 1 is 0.911 bits per heavy atom. The molecule has 16 nitrogen and oxygen atoms in total. The molecule has 2 aromatic rings. The third-order valence-corrected chi connectivity index (χ3v) is 9.43. The number of methoxy groups -OCH3 is 1. The van der Waals surface area contributed by atoms with Crippen molar-refractivity contribution in [2.45, 2.75) is 69.0 Å². The second-order valence-corrected chi connectivity index (χ2v) is 13.8. The zero-order valence-electron chi connectivity index (χ0n) is 31.7. The van der Waals surface area contributed by atoms with Crippen LogP contribution in [0.1, 0.15) is 32.8 Å². The van der Waals surface area contributed by atoms with Gasteiger partial charge in [0.2, 0.25) is 10.8 Å². The monoisotopic (exact) mass is 800 g/mol. The fourth-order valence-electron chi connectivity index (χ4n) is 5.75. The lowest BCUT2D eigenvalue weighted by Gasteiger charge is -2.48. The van der Waals surface area contributed by atoms with Gasteiger partial charge in [-0.2, -0.15) is 0 Å². The number of esters is 4. The van der Waals surface area contributed by atoms with E-state index in [4.69, 9.17) is 39.6 Å². The van der Waals surface area contributed by atoms with Gasteiger partial charge in [-0.3, -0.25) is 24.0 Å². The van der Waals surface area contributed by atoms with E-state index in [2.05, 4.69) is 16.6 Å². The van der Waals surface area contributed by atoms with Crippen molar-refractivity contribution in [2.24, 2.45) is 0 Å². The minimum atomic E-state index is -1.96. The van der Waals surface area contributed by atoms with Crippen LogP contribution < -0.4 is 10.6 Å². The maximum Gasteiger partial charge on any atom is 0.348 e.